The molecule has 0 amide bonds. The molecule has 2 rings (SSSR count). The predicted molar refractivity (Wildman–Crippen MR) is 51.9 cm³/mol. The molecule has 1 aliphatic rings. The lowest BCUT2D eigenvalue weighted by molar-refractivity contribution is -0.0263. The van der Waals surface area contributed by atoms with Gasteiger partial charge in [-0.05, 0) is 5.56 Å². The second kappa shape index (κ2) is 4.09. The molecule has 1 aromatic carbocycles. The van der Waals surface area contributed by atoms with E-state index in [4.69, 9.17) is 9.47 Å². The third-order valence-corrected chi connectivity index (χ3v) is 2.43. The standard InChI is InChI=1S/C11H14O3/c1-13-11(10(12)9-7-14-9)8-5-3-2-4-6-8/h2-6,9-12H,7H2,1H3/t9-,10+,11-/m1/s1. The molecular weight excluding hydrogens is 180 g/mol. The topological polar surface area (TPSA) is 42.0 Å². The maximum atomic E-state index is 9.85. The lowest BCUT2D eigenvalue weighted by atomic mass is 10.0. The summed E-state index contributed by atoms with van der Waals surface area (Å²) in [5.41, 5.74) is 0.984. The summed E-state index contributed by atoms with van der Waals surface area (Å²) in [7, 11) is 1.60. The zero-order valence-corrected chi connectivity index (χ0v) is 8.09. The van der Waals surface area contributed by atoms with Gasteiger partial charge in [-0.15, -0.1) is 0 Å². The summed E-state index contributed by atoms with van der Waals surface area (Å²) in [6.45, 7) is 0.633. The quantitative estimate of drug-likeness (QED) is 0.731. The molecule has 1 aromatic rings. The monoisotopic (exact) mass is 194 g/mol. The van der Waals surface area contributed by atoms with E-state index in [1.165, 1.54) is 0 Å². The second-order valence-corrected chi connectivity index (χ2v) is 3.43. The molecule has 1 heterocycles. The predicted octanol–water partition coefficient (Wildman–Crippen LogP) is 1.13. The average molecular weight is 194 g/mol. The van der Waals surface area contributed by atoms with Crippen LogP contribution in [0.25, 0.3) is 0 Å². The van der Waals surface area contributed by atoms with E-state index in [0.29, 0.717) is 6.61 Å². The van der Waals surface area contributed by atoms with E-state index >= 15 is 0 Å². The van der Waals surface area contributed by atoms with E-state index in [9.17, 15) is 5.11 Å². The van der Waals surface area contributed by atoms with Crippen LogP contribution in [0.3, 0.4) is 0 Å². The summed E-state index contributed by atoms with van der Waals surface area (Å²) in [4.78, 5) is 0. The molecule has 0 bridgehead atoms. The van der Waals surface area contributed by atoms with Crippen molar-refractivity contribution in [1.82, 2.24) is 0 Å². The van der Waals surface area contributed by atoms with Gasteiger partial charge in [-0.25, -0.2) is 0 Å². The molecule has 1 aliphatic heterocycles. The molecule has 76 valence electrons. The number of hydrogen-bond donors (Lipinski definition) is 1. The van der Waals surface area contributed by atoms with Crippen molar-refractivity contribution in [3.63, 3.8) is 0 Å². The SMILES string of the molecule is CO[C@H](c1ccccc1)[C@@H](O)[C@H]1CO1. The Hall–Kier alpha value is -0.900. The first-order valence-corrected chi connectivity index (χ1v) is 4.70. The molecule has 1 fully saturated rings. The van der Waals surface area contributed by atoms with Crippen LogP contribution in [0.4, 0.5) is 0 Å². The van der Waals surface area contributed by atoms with Gasteiger partial charge in [0.25, 0.3) is 0 Å². The van der Waals surface area contributed by atoms with Crippen LogP contribution < -0.4 is 0 Å². The molecule has 3 atom stereocenters. The van der Waals surface area contributed by atoms with Crippen LogP contribution in [-0.2, 0) is 9.47 Å². The highest BCUT2D eigenvalue weighted by Gasteiger charge is 2.37. The van der Waals surface area contributed by atoms with Gasteiger partial charge >= 0.3 is 0 Å². The molecular formula is C11H14O3. The van der Waals surface area contributed by atoms with Crippen LogP contribution >= 0.6 is 0 Å². The fraction of sp³-hybridized carbons (Fsp3) is 0.455. The Morgan fingerprint density at radius 2 is 2.07 bits per heavy atom. The Labute approximate surface area is 83.3 Å². The Balaban J connectivity index is 2.12. The molecule has 3 nitrogen and oxygen atoms in total. The third-order valence-electron chi connectivity index (χ3n) is 2.43. The Kier molecular flexibility index (Phi) is 2.82. The first kappa shape index (κ1) is 9.65. The van der Waals surface area contributed by atoms with Crippen LogP contribution in [0, 0.1) is 0 Å². The smallest absolute Gasteiger partial charge is 0.113 e. The highest BCUT2D eigenvalue weighted by atomic mass is 16.6. The third kappa shape index (κ3) is 1.95. The first-order valence-electron chi connectivity index (χ1n) is 4.70. The van der Waals surface area contributed by atoms with E-state index in [1.807, 2.05) is 30.3 Å². The van der Waals surface area contributed by atoms with Crippen molar-refractivity contribution in [3.05, 3.63) is 35.9 Å². The molecule has 3 heteroatoms. The lowest BCUT2D eigenvalue weighted by Crippen LogP contribution is -2.25. The van der Waals surface area contributed by atoms with Gasteiger partial charge in [0.1, 0.15) is 18.3 Å². The molecule has 0 saturated carbocycles. The van der Waals surface area contributed by atoms with E-state index in [-0.39, 0.29) is 12.2 Å². The minimum Gasteiger partial charge on any atom is -0.387 e. The largest absolute Gasteiger partial charge is 0.387 e. The van der Waals surface area contributed by atoms with Gasteiger partial charge < -0.3 is 14.6 Å². The van der Waals surface area contributed by atoms with Crippen LogP contribution in [0.1, 0.15) is 11.7 Å². The maximum Gasteiger partial charge on any atom is 0.113 e. The molecule has 1 N–H and O–H groups in total. The molecule has 0 radical (unpaired) electrons. The zero-order valence-electron chi connectivity index (χ0n) is 8.09. The highest BCUT2D eigenvalue weighted by molar-refractivity contribution is 5.19. The van der Waals surface area contributed by atoms with Gasteiger partial charge in [0.05, 0.1) is 6.61 Å². The van der Waals surface area contributed by atoms with Crippen molar-refractivity contribution in [2.24, 2.45) is 0 Å². The minimum absolute atomic E-state index is 0.0554. The van der Waals surface area contributed by atoms with Gasteiger partial charge in [0.2, 0.25) is 0 Å². The molecule has 14 heavy (non-hydrogen) atoms. The van der Waals surface area contributed by atoms with E-state index in [0.717, 1.165) is 5.56 Å². The van der Waals surface area contributed by atoms with Gasteiger partial charge in [-0.1, -0.05) is 30.3 Å². The van der Waals surface area contributed by atoms with Crippen LogP contribution in [0.2, 0.25) is 0 Å². The summed E-state index contributed by atoms with van der Waals surface area (Å²) in [5, 5.41) is 9.85. The van der Waals surface area contributed by atoms with Crippen molar-refractivity contribution in [2.75, 3.05) is 13.7 Å². The van der Waals surface area contributed by atoms with Crippen LogP contribution in [0.15, 0.2) is 30.3 Å². The number of aliphatic hydroxyl groups is 1. The molecule has 1 saturated heterocycles. The van der Waals surface area contributed by atoms with E-state index in [2.05, 4.69) is 0 Å². The summed E-state index contributed by atoms with van der Waals surface area (Å²) in [6.07, 6.45) is -0.911. The van der Waals surface area contributed by atoms with Crippen molar-refractivity contribution >= 4 is 0 Å². The van der Waals surface area contributed by atoms with Crippen molar-refractivity contribution in [2.45, 2.75) is 18.3 Å². The first-order chi connectivity index (χ1) is 6.83. The fourth-order valence-corrected chi connectivity index (χ4v) is 1.56. The number of hydrogen-bond acceptors (Lipinski definition) is 3. The molecule has 0 unspecified atom stereocenters. The highest BCUT2D eigenvalue weighted by Crippen LogP contribution is 2.28. The van der Waals surface area contributed by atoms with Crippen molar-refractivity contribution in [3.8, 4) is 0 Å². The van der Waals surface area contributed by atoms with Crippen molar-refractivity contribution < 1.29 is 14.6 Å². The Bertz CT molecular complexity index is 282. The second-order valence-electron chi connectivity index (χ2n) is 3.43. The normalized spacial score (nSPS) is 24.3. The van der Waals surface area contributed by atoms with Crippen LogP contribution in [0.5, 0.6) is 0 Å². The molecule has 0 spiro atoms. The lowest BCUT2D eigenvalue weighted by Gasteiger charge is -2.20. The Morgan fingerprint density at radius 3 is 2.57 bits per heavy atom. The Morgan fingerprint density at radius 1 is 1.43 bits per heavy atom. The van der Waals surface area contributed by atoms with Gasteiger partial charge in [-0.3, -0.25) is 0 Å². The molecule has 0 aliphatic carbocycles. The minimum atomic E-state index is -0.567. The van der Waals surface area contributed by atoms with E-state index in [1.54, 1.807) is 7.11 Å². The number of aliphatic hydroxyl groups excluding tert-OH is 1. The summed E-state index contributed by atoms with van der Waals surface area (Å²) < 4.78 is 10.3. The average Bonchev–Trinajstić information content (AvgIpc) is 3.03. The number of rotatable bonds is 4. The summed E-state index contributed by atoms with van der Waals surface area (Å²) >= 11 is 0. The van der Waals surface area contributed by atoms with Crippen LogP contribution in [-0.4, -0.2) is 31.0 Å². The number of benzene rings is 1. The van der Waals surface area contributed by atoms with Gasteiger partial charge in [-0.2, -0.15) is 0 Å². The van der Waals surface area contributed by atoms with E-state index < -0.39 is 6.10 Å². The van der Waals surface area contributed by atoms with Crippen molar-refractivity contribution in [1.29, 1.82) is 0 Å². The van der Waals surface area contributed by atoms with Gasteiger partial charge in [0, 0.05) is 7.11 Å². The van der Waals surface area contributed by atoms with Gasteiger partial charge in [0.15, 0.2) is 0 Å². The maximum absolute atomic E-state index is 9.85. The fourth-order valence-electron chi connectivity index (χ4n) is 1.56. The summed E-state index contributed by atoms with van der Waals surface area (Å²) in [5.74, 6) is 0. The number of methoxy groups -OCH3 is 1. The number of epoxide rings is 1. The summed E-state index contributed by atoms with van der Waals surface area (Å²) in [6, 6.07) is 9.69. The number of ether oxygens (including phenoxy) is 2. The molecule has 0 aromatic heterocycles. The zero-order chi connectivity index (χ0) is 9.97.